The van der Waals surface area contributed by atoms with E-state index in [0.717, 1.165) is 0 Å². The first kappa shape index (κ1) is 14.7. The second-order valence-corrected chi connectivity index (χ2v) is 4.32. The lowest BCUT2D eigenvalue weighted by atomic mass is 10.2. The summed E-state index contributed by atoms with van der Waals surface area (Å²) in [6.07, 6.45) is 1.21. The normalized spacial score (nSPS) is 10.1. The van der Waals surface area contributed by atoms with E-state index in [-0.39, 0.29) is 28.2 Å². The van der Waals surface area contributed by atoms with Crippen molar-refractivity contribution in [2.75, 3.05) is 6.54 Å². The Morgan fingerprint density at radius 3 is 2.61 bits per heavy atom. The Hall–Kier alpha value is -1.33. The number of rotatable bonds is 6. The Bertz CT molecular complexity index is 452. The van der Waals surface area contributed by atoms with Gasteiger partial charge in [-0.2, -0.15) is 0 Å². The molecule has 0 spiro atoms. The number of pyridine rings is 1. The van der Waals surface area contributed by atoms with Crippen LogP contribution in [0.15, 0.2) is 12.1 Å². The topological polar surface area (TPSA) is 79.3 Å². The number of unbranched alkanes of at least 4 members (excludes halogenated alkanes) is 1. The lowest BCUT2D eigenvalue weighted by Gasteiger charge is -2.05. The van der Waals surface area contributed by atoms with Crippen molar-refractivity contribution in [2.45, 2.75) is 19.3 Å². The van der Waals surface area contributed by atoms with E-state index in [1.54, 1.807) is 0 Å². The molecule has 0 aromatic carbocycles. The van der Waals surface area contributed by atoms with Crippen LogP contribution in [-0.4, -0.2) is 28.5 Å². The molecule has 1 amide bonds. The maximum absolute atomic E-state index is 11.7. The summed E-state index contributed by atoms with van der Waals surface area (Å²) in [4.78, 5) is 25.7. The minimum absolute atomic E-state index is 0.0468. The number of carboxylic acids is 1. The van der Waals surface area contributed by atoms with Crippen LogP contribution in [0.1, 0.15) is 29.6 Å². The number of hydrogen-bond acceptors (Lipinski definition) is 3. The lowest BCUT2D eigenvalue weighted by molar-refractivity contribution is -0.137. The molecule has 2 N–H and O–H groups in total. The number of hydrogen-bond donors (Lipinski definition) is 2. The van der Waals surface area contributed by atoms with Crippen molar-refractivity contribution in [3.05, 3.63) is 28.0 Å². The monoisotopic (exact) mass is 290 g/mol. The highest BCUT2D eigenvalue weighted by atomic mass is 35.5. The molecule has 0 aliphatic carbocycles. The number of carbonyl (C=O) groups is 2. The third kappa shape index (κ3) is 4.89. The first-order chi connectivity index (χ1) is 8.50. The van der Waals surface area contributed by atoms with Gasteiger partial charge in [0.05, 0.1) is 5.56 Å². The van der Waals surface area contributed by atoms with Crippen molar-refractivity contribution in [2.24, 2.45) is 0 Å². The van der Waals surface area contributed by atoms with Gasteiger partial charge in [-0.3, -0.25) is 9.59 Å². The Morgan fingerprint density at radius 1 is 1.28 bits per heavy atom. The fraction of sp³-hybridized carbons (Fsp3) is 0.364. The highest BCUT2D eigenvalue weighted by molar-refractivity contribution is 6.34. The van der Waals surface area contributed by atoms with Gasteiger partial charge in [-0.15, -0.1) is 0 Å². The average molecular weight is 291 g/mol. The molecule has 7 heteroatoms. The van der Waals surface area contributed by atoms with Gasteiger partial charge in [-0.1, -0.05) is 23.2 Å². The molecule has 0 radical (unpaired) electrons. The summed E-state index contributed by atoms with van der Waals surface area (Å²) < 4.78 is 0. The molecule has 18 heavy (non-hydrogen) atoms. The van der Waals surface area contributed by atoms with Crippen LogP contribution in [0.5, 0.6) is 0 Å². The second-order valence-electron chi connectivity index (χ2n) is 3.58. The molecular weight excluding hydrogens is 279 g/mol. The number of carboxylic acid groups (broad SMARTS) is 1. The molecule has 0 saturated carbocycles. The molecule has 1 rings (SSSR count). The van der Waals surface area contributed by atoms with Crippen molar-refractivity contribution in [3.63, 3.8) is 0 Å². The zero-order valence-corrected chi connectivity index (χ0v) is 11.0. The van der Waals surface area contributed by atoms with Gasteiger partial charge in [-0.25, -0.2) is 4.98 Å². The predicted molar refractivity (Wildman–Crippen MR) is 68.1 cm³/mol. The summed E-state index contributed by atoms with van der Waals surface area (Å²) in [7, 11) is 0. The van der Waals surface area contributed by atoms with Gasteiger partial charge < -0.3 is 10.4 Å². The maximum atomic E-state index is 11.7. The van der Waals surface area contributed by atoms with E-state index in [2.05, 4.69) is 10.3 Å². The average Bonchev–Trinajstić information content (AvgIpc) is 2.27. The van der Waals surface area contributed by atoms with Crippen molar-refractivity contribution < 1.29 is 14.7 Å². The molecular formula is C11H12Cl2N2O3. The molecule has 0 saturated heterocycles. The predicted octanol–water partition coefficient (Wildman–Crippen LogP) is 2.37. The van der Waals surface area contributed by atoms with E-state index < -0.39 is 5.97 Å². The minimum Gasteiger partial charge on any atom is -0.481 e. The van der Waals surface area contributed by atoms with Gasteiger partial charge in [0.15, 0.2) is 0 Å². The lowest BCUT2D eigenvalue weighted by Crippen LogP contribution is -2.25. The molecule has 0 unspecified atom stereocenters. The second kappa shape index (κ2) is 7.18. The van der Waals surface area contributed by atoms with E-state index >= 15 is 0 Å². The Morgan fingerprint density at radius 2 is 2.00 bits per heavy atom. The largest absolute Gasteiger partial charge is 0.481 e. The number of aromatic nitrogens is 1. The van der Waals surface area contributed by atoms with Crippen LogP contribution >= 0.6 is 23.2 Å². The third-order valence-electron chi connectivity index (χ3n) is 2.16. The molecule has 0 fully saturated rings. The Kier molecular flexibility index (Phi) is 5.88. The van der Waals surface area contributed by atoms with Crippen LogP contribution in [0.4, 0.5) is 0 Å². The molecule has 0 atom stereocenters. The summed E-state index contributed by atoms with van der Waals surface area (Å²) in [5.41, 5.74) is 0.249. The highest BCUT2D eigenvalue weighted by Gasteiger charge is 2.11. The number of nitrogens with one attached hydrogen (secondary N) is 1. The molecule has 98 valence electrons. The van der Waals surface area contributed by atoms with Crippen molar-refractivity contribution in [3.8, 4) is 0 Å². The Balaban J connectivity index is 2.39. The zero-order valence-electron chi connectivity index (χ0n) is 9.45. The number of amides is 1. The van der Waals surface area contributed by atoms with Gasteiger partial charge in [0, 0.05) is 13.0 Å². The molecule has 1 aromatic rings. The standard InChI is InChI=1S/C11H12Cl2N2O3/c12-8-5-4-7(10(13)15-8)11(18)14-6-2-1-3-9(16)17/h4-5H,1-3,6H2,(H,14,18)(H,16,17). The van der Waals surface area contributed by atoms with E-state index in [0.29, 0.717) is 19.4 Å². The van der Waals surface area contributed by atoms with Gasteiger partial charge in [0.1, 0.15) is 10.3 Å². The van der Waals surface area contributed by atoms with Crippen molar-refractivity contribution in [1.29, 1.82) is 0 Å². The molecule has 5 nitrogen and oxygen atoms in total. The van der Waals surface area contributed by atoms with E-state index in [1.807, 2.05) is 0 Å². The molecule has 0 bridgehead atoms. The van der Waals surface area contributed by atoms with Crippen molar-refractivity contribution >= 4 is 35.1 Å². The number of aliphatic carboxylic acids is 1. The quantitative estimate of drug-likeness (QED) is 0.623. The molecule has 0 aliphatic heterocycles. The number of carbonyl (C=O) groups excluding carboxylic acids is 1. The molecule has 1 aromatic heterocycles. The summed E-state index contributed by atoms with van der Waals surface area (Å²) >= 11 is 11.4. The van der Waals surface area contributed by atoms with Gasteiger partial charge in [0.25, 0.3) is 5.91 Å². The van der Waals surface area contributed by atoms with Crippen LogP contribution < -0.4 is 5.32 Å². The third-order valence-corrected chi connectivity index (χ3v) is 2.66. The van der Waals surface area contributed by atoms with E-state index in [4.69, 9.17) is 28.3 Å². The fourth-order valence-electron chi connectivity index (χ4n) is 1.28. The van der Waals surface area contributed by atoms with Gasteiger partial charge in [-0.05, 0) is 25.0 Å². The zero-order chi connectivity index (χ0) is 13.5. The van der Waals surface area contributed by atoms with E-state index in [9.17, 15) is 9.59 Å². The summed E-state index contributed by atoms with van der Waals surface area (Å²) in [5, 5.41) is 11.3. The van der Waals surface area contributed by atoms with Crippen LogP contribution in [0, 0.1) is 0 Å². The summed E-state index contributed by atoms with van der Waals surface area (Å²) in [6, 6.07) is 2.97. The van der Waals surface area contributed by atoms with Gasteiger partial charge in [0.2, 0.25) is 0 Å². The first-order valence-corrected chi connectivity index (χ1v) is 6.08. The SMILES string of the molecule is O=C(O)CCCCNC(=O)c1ccc(Cl)nc1Cl. The maximum Gasteiger partial charge on any atom is 0.303 e. The van der Waals surface area contributed by atoms with Crippen molar-refractivity contribution in [1.82, 2.24) is 10.3 Å². The fourth-order valence-corrected chi connectivity index (χ4v) is 1.71. The highest BCUT2D eigenvalue weighted by Crippen LogP contribution is 2.16. The van der Waals surface area contributed by atoms with Crippen LogP contribution in [0.3, 0.4) is 0 Å². The summed E-state index contributed by atoms with van der Waals surface area (Å²) in [5.74, 6) is -1.19. The number of nitrogens with zero attached hydrogens (tertiary/aromatic N) is 1. The molecule has 1 heterocycles. The smallest absolute Gasteiger partial charge is 0.303 e. The summed E-state index contributed by atoms with van der Waals surface area (Å²) in [6.45, 7) is 0.394. The van der Waals surface area contributed by atoms with Crippen LogP contribution in [-0.2, 0) is 4.79 Å². The molecule has 0 aliphatic rings. The number of halogens is 2. The first-order valence-electron chi connectivity index (χ1n) is 5.32. The van der Waals surface area contributed by atoms with Crippen LogP contribution in [0.25, 0.3) is 0 Å². The van der Waals surface area contributed by atoms with Gasteiger partial charge >= 0.3 is 5.97 Å². The Labute approximate surface area is 114 Å². The van der Waals surface area contributed by atoms with E-state index in [1.165, 1.54) is 12.1 Å². The minimum atomic E-state index is -0.841. The van der Waals surface area contributed by atoms with Crippen LogP contribution in [0.2, 0.25) is 10.3 Å².